The summed E-state index contributed by atoms with van der Waals surface area (Å²) in [5.74, 6) is 1.13. The van der Waals surface area contributed by atoms with Gasteiger partial charge in [-0.2, -0.15) is 8.42 Å². The Morgan fingerprint density at radius 1 is 1.00 bits per heavy atom. The van der Waals surface area contributed by atoms with E-state index in [-0.39, 0.29) is 10.7 Å². The third kappa shape index (κ3) is 3.65. The van der Waals surface area contributed by atoms with Crippen LogP contribution in [-0.4, -0.2) is 28.5 Å². The second kappa shape index (κ2) is 7.25. The third-order valence-corrected chi connectivity index (χ3v) is 5.98. The quantitative estimate of drug-likeness (QED) is 0.821. The van der Waals surface area contributed by atoms with E-state index in [1.807, 2.05) is 19.1 Å². The predicted octanol–water partition coefficient (Wildman–Crippen LogP) is 4.25. The SMILES string of the molecule is COc1cc(OC)c(NC2=NS(=O)(=O)C(c3ccc(C)cc3)=C2C)cc1Cl. The van der Waals surface area contributed by atoms with Crippen LogP contribution in [0.3, 0.4) is 0 Å². The maximum absolute atomic E-state index is 12.6. The number of anilines is 1. The minimum atomic E-state index is -3.81. The lowest BCUT2D eigenvalue weighted by Crippen LogP contribution is -2.12. The number of nitrogens with one attached hydrogen (secondary N) is 1. The zero-order valence-electron chi connectivity index (χ0n) is 15.3. The molecule has 2 aromatic carbocycles. The van der Waals surface area contributed by atoms with Gasteiger partial charge in [-0.1, -0.05) is 41.4 Å². The molecule has 0 radical (unpaired) electrons. The van der Waals surface area contributed by atoms with Crippen molar-refractivity contribution in [1.29, 1.82) is 0 Å². The number of sulfonamides is 1. The standard InChI is InChI=1S/C19H19ClN2O4S/c1-11-5-7-13(8-6-11)18-12(2)19(22-27(18,23)24)21-15-9-14(20)16(25-3)10-17(15)26-4/h5-10H,1-4H3,(H,21,22). The first-order valence-corrected chi connectivity index (χ1v) is 9.90. The monoisotopic (exact) mass is 406 g/mol. The Morgan fingerprint density at radius 2 is 1.63 bits per heavy atom. The van der Waals surface area contributed by atoms with Gasteiger partial charge in [-0.25, -0.2) is 0 Å². The van der Waals surface area contributed by atoms with Crippen LogP contribution in [0.4, 0.5) is 5.69 Å². The highest BCUT2D eigenvalue weighted by Gasteiger charge is 2.31. The molecule has 0 aromatic heterocycles. The number of amidine groups is 1. The second-order valence-electron chi connectivity index (χ2n) is 6.05. The van der Waals surface area contributed by atoms with Crippen LogP contribution in [-0.2, 0) is 10.0 Å². The Bertz CT molecular complexity index is 1060. The molecule has 0 fully saturated rings. The lowest BCUT2D eigenvalue weighted by atomic mass is 10.1. The van der Waals surface area contributed by atoms with Crippen LogP contribution in [0.25, 0.3) is 4.91 Å². The van der Waals surface area contributed by atoms with Crippen LogP contribution in [0.5, 0.6) is 11.5 Å². The molecule has 0 atom stereocenters. The zero-order valence-corrected chi connectivity index (χ0v) is 16.9. The van der Waals surface area contributed by atoms with Gasteiger partial charge < -0.3 is 14.8 Å². The highest BCUT2D eigenvalue weighted by molar-refractivity contribution is 8.00. The molecule has 0 unspecified atom stereocenters. The number of hydrogen-bond donors (Lipinski definition) is 1. The number of nitrogens with zero attached hydrogens (tertiary/aromatic N) is 1. The summed E-state index contributed by atoms with van der Waals surface area (Å²) in [4.78, 5) is 0.184. The number of ether oxygens (including phenoxy) is 2. The van der Waals surface area contributed by atoms with Crippen LogP contribution in [0, 0.1) is 6.92 Å². The van der Waals surface area contributed by atoms with Crippen LogP contribution in [0.15, 0.2) is 46.4 Å². The van der Waals surface area contributed by atoms with Crippen molar-refractivity contribution in [3.63, 3.8) is 0 Å². The number of halogens is 1. The van der Waals surface area contributed by atoms with E-state index in [4.69, 9.17) is 21.1 Å². The molecule has 0 aliphatic carbocycles. The fraction of sp³-hybridized carbons (Fsp3) is 0.211. The van der Waals surface area contributed by atoms with Gasteiger partial charge >= 0.3 is 0 Å². The van der Waals surface area contributed by atoms with Gasteiger partial charge in [-0.05, 0) is 25.5 Å². The van der Waals surface area contributed by atoms with E-state index in [2.05, 4.69) is 9.71 Å². The van der Waals surface area contributed by atoms with E-state index in [0.717, 1.165) is 5.56 Å². The number of hydrogen-bond acceptors (Lipinski definition) is 5. The van der Waals surface area contributed by atoms with Crippen LogP contribution in [0.1, 0.15) is 18.1 Å². The maximum atomic E-state index is 12.6. The Hall–Kier alpha value is -2.51. The highest BCUT2D eigenvalue weighted by Crippen LogP contribution is 2.38. The predicted molar refractivity (Wildman–Crippen MR) is 108 cm³/mol. The minimum absolute atomic E-state index is 0.184. The molecule has 0 spiro atoms. The summed E-state index contributed by atoms with van der Waals surface area (Å²) in [5, 5.41) is 3.38. The molecule has 2 aromatic rings. The molecule has 1 aliphatic heterocycles. The number of benzene rings is 2. The van der Waals surface area contributed by atoms with Crippen molar-refractivity contribution in [2.45, 2.75) is 13.8 Å². The third-order valence-electron chi connectivity index (χ3n) is 4.21. The molecular formula is C19H19ClN2O4S. The maximum Gasteiger partial charge on any atom is 0.285 e. The van der Waals surface area contributed by atoms with Crippen molar-refractivity contribution in [3.8, 4) is 11.5 Å². The number of aryl methyl sites for hydroxylation is 1. The highest BCUT2D eigenvalue weighted by atomic mass is 35.5. The summed E-state index contributed by atoms with van der Waals surface area (Å²) in [6.45, 7) is 3.65. The second-order valence-corrected chi connectivity index (χ2v) is 8.00. The molecular weight excluding hydrogens is 388 g/mol. The molecule has 27 heavy (non-hydrogen) atoms. The van der Waals surface area contributed by atoms with Crippen molar-refractivity contribution in [2.24, 2.45) is 4.40 Å². The van der Waals surface area contributed by atoms with Crippen LogP contribution < -0.4 is 14.8 Å². The van der Waals surface area contributed by atoms with Gasteiger partial charge in [-0.15, -0.1) is 4.40 Å². The topological polar surface area (TPSA) is 77.0 Å². The van der Waals surface area contributed by atoms with Gasteiger partial charge in [0, 0.05) is 11.6 Å². The number of methoxy groups -OCH3 is 2. The van der Waals surface area contributed by atoms with E-state index in [1.165, 1.54) is 14.2 Å². The first kappa shape index (κ1) is 19.3. The molecule has 6 nitrogen and oxygen atoms in total. The van der Waals surface area contributed by atoms with Crippen LogP contribution >= 0.6 is 11.6 Å². The molecule has 1 heterocycles. The Balaban J connectivity index is 2.04. The average molecular weight is 407 g/mol. The normalized spacial score (nSPS) is 15.5. The van der Waals surface area contributed by atoms with Gasteiger partial charge in [-0.3, -0.25) is 0 Å². The minimum Gasteiger partial charge on any atom is -0.495 e. The Kier molecular flexibility index (Phi) is 5.17. The molecule has 0 bridgehead atoms. The van der Waals surface area contributed by atoms with Gasteiger partial charge in [0.05, 0.1) is 24.9 Å². The van der Waals surface area contributed by atoms with Crippen molar-refractivity contribution in [3.05, 3.63) is 58.1 Å². The smallest absolute Gasteiger partial charge is 0.285 e. The Morgan fingerprint density at radius 3 is 2.22 bits per heavy atom. The molecule has 0 saturated heterocycles. The summed E-state index contributed by atoms with van der Waals surface area (Å²) < 4.78 is 39.7. The van der Waals surface area contributed by atoms with Gasteiger partial charge in [0.25, 0.3) is 10.0 Å². The van der Waals surface area contributed by atoms with Crippen molar-refractivity contribution >= 4 is 38.1 Å². The van der Waals surface area contributed by atoms with E-state index < -0.39 is 10.0 Å². The molecule has 0 saturated carbocycles. The summed E-state index contributed by atoms with van der Waals surface area (Å²) >= 11 is 6.19. The van der Waals surface area contributed by atoms with E-state index >= 15 is 0 Å². The molecule has 0 amide bonds. The first-order chi connectivity index (χ1) is 12.8. The Labute approximate surface area is 163 Å². The lowest BCUT2D eigenvalue weighted by molar-refractivity contribution is 0.396. The fourth-order valence-electron chi connectivity index (χ4n) is 2.81. The molecule has 8 heteroatoms. The largest absolute Gasteiger partial charge is 0.495 e. The number of rotatable bonds is 4. The average Bonchev–Trinajstić information content (AvgIpc) is 2.85. The zero-order chi connectivity index (χ0) is 19.8. The van der Waals surface area contributed by atoms with Crippen molar-refractivity contribution < 1.29 is 17.9 Å². The van der Waals surface area contributed by atoms with Gasteiger partial charge in [0.1, 0.15) is 22.2 Å². The summed E-state index contributed by atoms with van der Waals surface area (Å²) in [5.41, 5.74) is 2.65. The molecule has 1 N–H and O–H groups in total. The van der Waals surface area contributed by atoms with E-state index in [9.17, 15) is 8.42 Å². The summed E-state index contributed by atoms with van der Waals surface area (Å²) in [6, 6.07) is 10.5. The van der Waals surface area contributed by atoms with Crippen molar-refractivity contribution in [1.82, 2.24) is 0 Å². The molecule has 3 rings (SSSR count). The van der Waals surface area contributed by atoms with E-state index in [1.54, 1.807) is 31.2 Å². The van der Waals surface area contributed by atoms with Crippen molar-refractivity contribution in [2.75, 3.05) is 19.5 Å². The lowest BCUT2D eigenvalue weighted by Gasteiger charge is -2.14. The van der Waals surface area contributed by atoms with Gasteiger partial charge in [0.2, 0.25) is 0 Å². The molecule has 1 aliphatic rings. The summed E-state index contributed by atoms with van der Waals surface area (Å²) in [7, 11) is -0.804. The fourth-order valence-corrected chi connectivity index (χ4v) is 4.48. The summed E-state index contributed by atoms with van der Waals surface area (Å²) in [6.07, 6.45) is 0. The van der Waals surface area contributed by atoms with Gasteiger partial charge in [0.15, 0.2) is 0 Å². The molecule has 142 valence electrons. The van der Waals surface area contributed by atoms with E-state index in [0.29, 0.717) is 33.3 Å². The first-order valence-electron chi connectivity index (χ1n) is 8.08. The van der Waals surface area contributed by atoms with Crippen LogP contribution in [0.2, 0.25) is 5.02 Å².